The van der Waals surface area contributed by atoms with Crippen molar-refractivity contribution in [3.8, 4) is 5.75 Å². The van der Waals surface area contributed by atoms with Crippen LogP contribution in [-0.2, 0) is 0 Å². The molecule has 0 heterocycles. The van der Waals surface area contributed by atoms with Gasteiger partial charge in [-0.05, 0) is 17.7 Å². The third kappa shape index (κ3) is 1.72. The third-order valence-electron chi connectivity index (χ3n) is 1.56. The van der Waals surface area contributed by atoms with E-state index in [1.54, 1.807) is 6.07 Å². The van der Waals surface area contributed by atoms with Crippen molar-refractivity contribution in [2.75, 3.05) is 7.11 Å². The molecule has 0 aliphatic carbocycles. The average Bonchev–Trinajstić information content (AvgIpc) is 2.04. The highest BCUT2D eigenvalue weighted by Crippen LogP contribution is 2.18. The topological polar surface area (TPSA) is 61.3 Å². The molecule has 0 bridgehead atoms. The summed E-state index contributed by atoms with van der Waals surface area (Å²) in [5.41, 5.74) is 11.2. The molecule has 0 aliphatic heterocycles. The van der Waals surface area contributed by atoms with E-state index >= 15 is 0 Å². The molecule has 66 valence electrons. The van der Waals surface area contributed by atoms with Crippen LogP contribution in [0.5, 0.6) is 5.75 Å². The minimum atomic E-state index is -0.648. The Bertz CT molecular complexity index is 276. The van der Waals surface area contributed by atoms with Crippen LogP contribution in [0.25, 0.3) is 0 Å². The second-order valence-corrected chi connectivity index (χ2v) is 2.42. The van der Waals surface area contributed by atoms with Gasteiger partial charge < -0.3 is 16.2 Å². The fourth-order valence-corrected chi connectivity index (χ4v) is 0.890. The highest BCUT2D eigenvalue weighted by atomic mass is 19.1. The Labute approximate surface area is 70.1 Å². The maximum Gasteiger partial charge on any atom is 0.165 e. The van der Waals surface area contributed by atoms with Crippen molar-refractivity contribution in [3.63, 3.8) is 0 Å². The Hall–Kier alpha value is -1.13. The predicted octanol–water partition coefficient (Wildman–Crippen LogP) is 0.750. The minimum absolute atomic E-state index is 0.194. The molecule has 0 spiro atoms. The van der Waals surface area contributed by atoms with Crippen LogP contribution in [-0.4, -0.2) is 7.11 Å². The van der Waals surface area contributed by atoms with Crippen LogP contribution in [0.15, 0.2) is 18.2 Å². The summed E-state index contributed by atoms with van der Waals surface area (Å²) < 4.78 is 17.7. The molecular weight excluding hydrogens is 159 g/mol. The first kappa shape index (κ1) is 8.96. The average molecular weight is 170 g/mol. The molecule has 4 N–H and O–H groups in total. The van der Waals surface area contributed by atoms with Crippen molar-refractivity contribution in [3.05, 3.63) is 29.6 Å². The molecular formula is C8H11FN2O. The van der Waals surface area contributed by atoms with Gasteiger partial charge in [0.2, 0.25) is 0 Å². The molecule has 12 heavy (non-hydrogen) atoms. The number of methoxy groups -OCH3 is 1. The van der Waals surface area contributed by atoms with E-state index in [0.717, 1.165) is 0 Å². The Kier molecular flexibility index (Phi) is 2.62. The first-order chi connectivity index (χ1) is 5.65. The first-order valence-electron chi connectivity index (χ1n) is 3.49. The van der Waals surface area contributed by atoms with Gasteiger partial charge in [-0.1, -0.05) is 6.07 Å². The highest BCUT2D eigenvalue weighted by Gasteiger charge is 2.05. The van der Waals surface area contributed by atoms with Crippen LogP contribution < -0.4 is 16.2 Å². The van der Waals surface area contributed by atoms with Crippen LogP contribution in [0.4, 0.5) is 4.39 Å². The SMILES string of the molecule is COc1ccc(C(N)N)cc1F. The van der Waals surface area contributed by atoms with E-state index < -0.39 is 12.0 Å². The maximum atomic E-state index is 13.0. The smallest absolute Gasteiger partial charge is 0.165 e. The number of rotatable bonds is 2. The molecule has 0 radical (unpaired) electrons. The van der Waals surface area contributed by atoms with Gasteiger partial charge in [0.15, 0.2) is 11.6 Å². The lowest BCUT2D eigenvalue weighted by molar-refractivity contribution is 0.386. The second-order valence-electron chi connectivity index (χ2n) is 2.42. The molecule has 0 unspecified atom stereocenters. The van der Waals surface area contributed by atoms with E-state index in [4.69, 9.17) is 16.2 Å². The Balaban J connectivity index is 3.02. The van der Waals surface area contributed by atoms with E-state index in [1.165, 1.54) is 19.2 Å². The fraction of sp³-hybridized carbons (Fsp3) is 0.250. The molecule has 3 nitrogen and oxygen atoms in total. The first-order valence-corrected chi connectivity index (χ1v) is 3.49. The third-order valence-corrected chi connectivity index (χ3v) is 1.56. The summed E-state index contributed by atoms with van der Waals surface area (Å²) in [6.45, 7) is 0. The summed E-state index contributed by atoms with van der Waals surface area (Å²) in [5.74, 6) is -0.254. The molecule has 1 rings (SSSR count). The van der Waals surface area contributed by atoms with E-state index in [0.29, 0.717) is 5.56 Å². The summed E-state index contributed by atoms with van der Waals surface area (Å²) in [4.78, 5) is 0. The number of ether oxygens (including phenoxy) is 1. The molecule has 0 aromatic heterocycles. The standard InChI is InChI=1S/C8H11FN2O/c1-12-7-3-2-5(8(10)11)4-6(7)9/h2-4,8H,10-11H2,1H3. The van der Waals surface area contributed by atoms with Crippen molar-refractivity contribution in [1.29, 1.82) is 0 Å². The summed E-state index contributed by atoms with van der Waals surface area (Å²) in [6, 6.07) is 4.40. The van der Waals surface area contributed by atoms with E-state index in [-0.39, 0.29) is 5.75 Å². The van der Waals surface area contributed by atoms with Gasteiger partial charge in [0.1, 0.15) is 0 Å². The number of benzene rings is 1. The summed E-state index contributed by atoms with van der Waals surface area (Å²) in [6.07, 6.45) is -0.648. The Morgan fingerprint density at radius 1 is 1.42 bits per heavy atom. The summed E-state index contributed by atoms with van der Waals surface area (Å²) >= 11 is 0. The molecule has 0 amide bonds. The van der Waals surface area contributed by atoms with Crippen LogP contribution in [0.1, 0.15) is 11.7 Å². The van der Waals surface area contributed by atoms with Crippen molar-refractivity contribution in [2.24, 2.45) is 11.5 Å². The maximum absolute atomic E-state index is 13.0. The van der Waals surface area contributed by atoms with Crippen LogP contribution >= 0.6 is 0 Å². The van der Waals surface area contributed by atoms with Crippen molar-refractivity contribution < 1.29 is 9.13 Å². The second kappa shape index (κ2) is 3.51. The zero-order valence-electron chi connectivity index (χ0n) is 6.75. The normalized spacial score (nSPS) is 10.4. The largest absolute Gasteiger partial charge is 0.494 e. The number of nitrogens with two attached hydrogens (primary N) is 2. The van der Waals surface area contributed by atoms with Gasteiger partial charge in [0, 0.05) is 0 Å². The number of hydrogen-bond acceptors (Lipinski definition) is 3. The summed E-state index contributed by atoms with van der Waals surface area (Å²) in [7, 11) is 1.40. The number of hydrogen-bond donors (Lipinski definition) is 2. The Morgan fingerprint density at radius 2 is 2.08 bits per heavy atom. The molecule has 0 saturated heterocycles. The lowest BCUT2D eigenvalue weighted by Gasteiger charge is -2.07. The Morgan fingerprint density at radius 3 is 2.50 bits per heavy atom. The van der Waals surface area contributed by atoms with Crippen molar-refractivity contribution >= 4 is 0 Å². The van der Waals surface area contributed by atoms with Gasteiger partial charge in [-0.15, -0.1) is 0 Å². The molecule has 1 aromatic carbocycles. The molecule has 0 fully saturated rings. The van der Waals surface area contributed by atoms with E-state index in [1.807, 2.05) is 0 Å². The van der Waals surface area contributed by atoms with Gasteiger partial charge in [-0.3, -0.25) is 0 Å². The zero-order valence-corrected chi connectivity index (χ0v) is 6.75. The summed E-state index contributed by atoms with van der Waals surface area (Å²) in [5, 5.41) is 0. The number of halogens is 1. The molecule has 0 saturated carbocycles. The van der Waals surface area contributed by atoms with Crippen LogP contribution in [0.2, 0.25) is 0 Å². The van der Waals surface area contributed by atoms with Crippen LogP contribution in [0, 0.1) is 5.82 Å². The van der Waals surface area contributed by atoms with Crippen molar-refractivity contribution in [2.45, 2.75) is 6.17 Å². The van der Waals surface area contributed by atoms with Gasteiger partial charge in [0.05, 0.1) is 13.3 Å². The zero-order chi connectivity index (χ0) is 9.14. The fourth-order valence-electron chi connectivity index (χ4n) is 0.890. The van der Waals surface area contributed by atoms with Gasteiger partial charge in [-0.25, -0.2) is 4.39 Å². The van der Waals surface area contributed by atoms with Crippen LogP contribution in [0.3, 0.4) is 0 Å². The highest BCUT2D eigenvalue weighted by molar-refractivity contribution is 5.30. The van der Waals surface area contributed by atoms with E-state index in [2.05, 4.69) is 0 Å². The van der Waals surface area contributed by atoms with E-state index in [9.17, 15) is 4.39 Å². The molecule has 1 aromatic rings. The van der Waals surface area contributed by atoms with Gasteiger partial charge >= 0.3 is 0 Å². The lowest BCUT2D eigenvalue weighted by atomic mass is 10.2. The predicted molar refractivity (Wildman–Crippen MR) is 44.1 cm³/mol. The minimum Gasteiger partial charge on any atom is -0.494 e. The van der Waals surface area contributed by atoms with Gasteiger partial charge in [-0.2, -0.15) is 0 Å². The molecule has 4 heteroatoms. The molecule has 0 atom stereocenters. The van der Waals surface area contributed by atoms with Crippen molar-refractivity contribution in [1.82, 2.24) is 0 Å². The monoisotopic (exact) mass is 170 g/mol. The quantitative estimate of drug-likeness (QED) is 0.644. The van der Waals surface area contributed by atoms with Gasteiger partial charge in [0.25, 0.3) is 0 Å². The lowest BCUT2D eigenvalue weighted by Crippen LogP contribution is -2.20. The molecule has 0 aliphatic rings.